The number of fused-ring (bicyclic) bond motifs is 1. The van der Waals surface area contributed by atoms with Gasteiger partial charge in [0.2, 0.25) is 5.91 Å². The first-order chi connectivity index (χ1) is 18.2. The first-order valence-electron chi connectivity index (χ1n) is 13.8. The number of carbonyl (C=O) groups is 2. The van der Waals surface area contributed by atoms with Crippen molar-refractivity contribution < 1.29 is 24.2 Å². The highest BCUT2D eigenvalue weighted by molar-refractivity contribution is 5.79. The van der Waals surface area contributed by atoms with Gasteiger partial charge in [-0.1, -0.05) is 51.1 Å². The van der Waals surface area contributed by atoms with Crippen LogP contribution in [0.5, 0.6) is 11.5 Å². The summed E-state index contributed by atoms with van der Waals surface area (Å²) in [6, 6.07) is 16.9. The lowest BCUT2D eigenvalue weighted by molar-refractivity contribution is -0.144. The Kier molecular flexibility index (Phi) is 8.98. The number of benzene rings is 2. The predicted octanol–water partition coefficient (Wildman–Crippen LogP) is 4.33. The predicted molar refractivity (Wildman–Crippen MR) is 147 cm³/mol. The van der Waals surface area contributed by atoms with E-state index in [-0.39, 0.29) is 53.5 Å². The minimum Gasteiger partial charge on any atom is -0.497 e. The minimum absolute atomic E-state index is 0.00358. The van der Waals surface area contributed by atoms with Gasteiger partial charge in [0.25, 0.3) is 5.91 Å². The van der Waals surface area contributed by atoms with E-state index < -0.39 is 6.10 Å². The second-order valence-electron chi connectivity index (χ2n) is 11.4. The van der Waals surface area contributed by atoms with Crippen molar-refractivity contribution in [3.63, 3.8) is 0 Å². The number of amides is 2. The number of carbonyl (C=O) groups excluding carboxylic acids is 2. The fourth-order valence-electron chi connectivity index (χ4n) is 6.70. The molecule has 0 spiro atoms. The van der Waals surface area contributed by atoms with Crippen LogP contribution in [0.3, 0.4) is 0 Å². The van der Waals surface area contributed by atoms with Crippen molar-refractivity contribution in [3.8, 4) is 11.5 Å². The van der Waals surface area contributed by atoms with Gasteiger partial charge in [0, 0.05) is 18.5 Å². The fourth-order valence-corrected chi connectivity index (χ4v) is 6.70. The lowest BCUT2D eigenvalue weighted by Crippen LogP contribution is -2.58. The summed E-state index contributed by atoms with van der Waals surface area (Å²) in [6.45, 7) is 6.72. The molecule has 0 bridgehead atoms. The van der Waals surface area contributed by atoms with E-state index in [1.165, 1.54) is 0 Å². The molecule has 0 heterocycles. The standard InChI is InChI=1S/C31H42N2O5/c1-20(30(36)32-18-22-10-12-23(37-4)13-11-22)25-14-16-31(3)17-15-26(21(2)28(31)29(25)35)33-27(34)19-38-24-8-6-5-7-9-24/h5-13,20-21,25-26,28-29,35H,14-19H2,1-4H3,(H,32,36)(H,33,34)/t20-,21+,25-,26-,28+,29-,31-/m0/s1. The van der Waals surface area contributed by atoms with Gasteiger partial charge >= 0.3 is 0 Å². The Labute approximate surface area is 226 Å². The highest BCUT2D eigenvalue weighted by Gasteiger charge is 2.53. The van der Waals surface area contributed by atoms with E-state index in [2.05, 4.69) is 24.5 Å². The van der Waals surface area contributed by atoms with Crippen molar-refractivity contribution in [1.82, 2.24) is 10.6 Å². The van der Waals surface area contributed by atoms with Crippen LogP contribution in [0.15, 0.2) is 54.6 Å². The number of aliphatic hydroxyl groups is 1. The van der Waals surface area contributed by atoms with Gasteiger partial charge in [0.15, 0.2) is 6.61 Å². The van der Waals surface area contributed by atoms with Gasteiger partial charge < -0.3 is 25.2 Å². The van der Waals surface area contributed by atoms with Crippen LogP contribution in [0.2, 0.25) is 0 Å². The van der Waals surface area contributed by atoms with Crippen molar-refractivity contribution in [3.05, 3.63) is 60.2 Å². The Bertz CT molecular complexity index is 1080. The van der Waals surface area contributed by atoms with E-state index in [0.29, 0.717) is 12.3 Å². The van der Waals surface area contributed by atoms with Crippen molar-refractivity contribution >= 4 is 11.8 Å². The molecule has 3 N–H and O–H groups in total. The fraction of sp³-hybridized carbons (Fsp3) is 0.548. The lowest BCUT2D eigenvalue weighted by Gasteiger charge is -2.56. The molecule has 7 atom stereocenters. The summed E-state index contributed by atoms with van der Waals surface area (Å²) in [5.41, 5.74) is 0.995. The van der Waals surface area contributed by atoms with Crippen molar-refractivity contribution in [2.75, 3.05) is 13.7 Å². The zero-order valence-electron chi connectivity index (χ0n) is 23.0. The van der Waals surface area contributed by atoms with E-state index in [4.69, 9.17) is 9.47 Å². The maximum absolute atomic E-state index is 13.1. The Morgan fingerprint density at radius 1 is 1.05 bits per heavy atom. The maximum atomic E-state index is 13.1. The van der Waals surface area contributed by atoms with E-state index in [1.807, 2.05) is 61.5 Å². The monoisotopic (exact) mass is 522 g/mol. The SMILES string of the molecule is COc1ccc(CNC(=O)[C@@H](C)[C@@H]2CC[C@@]3(C)CC[C@H](NC(=O)COc4ccccc4)[C@@H](C)[C@@H]3[C@H]2O)cc1. The van der Waals surface area contributed by atoms with Crippen molar-refractivity contribution in [1.29, 1.82) is 0 Å². The van der Waals surface area contributed by atoms with Crippen LogP contribution in [-0.4, -0.2) is 42.8 Å². The van der Waals surface area contributed by atoms with Crippen molar-refractivity contribution in [2.24, 2.45) is 29.1 Å². The smallest absolute Gasteiger partial charge is 0.258 e. The number of para-hydroxylation sites is 1. The average molecular weight is 523 g/mol. The molecule has 38 heavy (non-hydrogen) atoms. The van der Waals surface area contributed by atoms with Gasteiger partial charge in [-0.25, -0.2) is 0 Å². The summed E-state index contributed by atoms with van der Waals surface area (Å²) in [5, 5.41) is 17.8. The van der Waals surface area contributed by atoms with Crippen LogP contribution in [-0.2, 0) is 16.1 Å². The van der Waals surface area contributed by atoms with Gasteiger partial charge in [0.05, 0.1) is 13.2 Å². The third-order valence-corrected chi connectivity index (χ3v) is 9.03. The Morgan fingerprint density at radius 2 is 1.74 bits per heavy atom. The minimum atomic E-state index is -0.606. The second kappa shape index (κ2) is 12.2. The van der Waals surface area contributed by atoms with Gasteiger partial charge in [-0.15, -0.1) is 0 Å². The largest absolute Gasteiger partial charge is 0.497 e. The third kappa shape index (κ3) is 6.32. The molecule has 0 radical (unpaired) electrons. The van der Waals surface area contributed by atoms with Gasteiger partial charge in [0.1, 0.15) is 11.5 Å². The number of nitrogens with one attached hydrogen (secondary N) is 2. The van der Waals surface area contributed by atoms with Crippen molar-refractivity contribution in [2.45, 2.75) is 65.1 Å². The third-order valence-electron chi connectivity index (χ3n) is 9.03. The van der Waals surface area contributed by atoms with Crippen LogP contribution in [0.25, 0.3) is 0 Å². The first kappa shape index (κ1) is 28.0. The quantitative estimate of drug-likeness (QED) is 0.455. The number of hydrogen-bond acceptors (Lipinski definition) is 5. The molecule has 4 rings (SSSR count). The molecule has 2 fully saturated rings. The number of ether oxygens (including phenoxy) is 2. The van der Waals surface area contributed by atoms with Crippen LogP contribution in [0.1, 0.15) is 52.0 Å². The van der Waals surface area contributed by atoms with E-state index in [9.17, 15) is 14.7 Å². The molecule has 0 aromatic heterocycles. The van der Waals surface area contributed by atoms with E-state index in [0.717, 1.165) is 37.0 Å². The molecule has 7 heteroatoms. The van der Waals surface area contributed by atoms with Crippen LogP contribution in [0.4, 0.5) is 0 Å². The first-order valence-corrected chi connectivity index (χ1v) is 13.8. The summed E-state index contributed by atoms with van der Waals surface area (Å²) in [7, 11) is 1.63. The van der Waals surface area contributed by atoms with Crippen LogP contribution in [0, 0.1) is 29.1 Å². The number of methoxy groups -OCH3 is 1. The molecule has 2 aromatic carbocycles. The Morgan fingerprint density at radius 3 is 2.42 bits per heavy atom. The summed E-state index contributed by atoms with van der Waals surface area (Å²) < 4.78 is 10.8. The molecule has 0 aliphatic heterocycles. The number of aliphatic hydroxyl groups excluding tert-OH is 1. The topological polar surface area (TPSA) is 96.9 Å². The zero-order chi connectivity index (χ0) is 27.3. The maximum Gasteiger partial charge on any atom is 0.258 e. The summed E-state index contributed by atoms with van der Waals surface area (Å²) in [5.74, 6) is 0.908. The van der Waals surface area contributed by atoms with E-state index >= 15 is 0 Å². The molecule has 0 saturated heterocycles. The highest BCUT2D eigenvalue weighted by atomic mass is 16.5. The van der Waals surface area contributed by atoms with Crippen LogP contribution < -0.4 is 20.1 Å². The average Bonchev–Trinajstić information content (AvgIpc) is 2.93. The molecule has 7 nitrogen and oxygen atoms in total. The van der Waals surface area contributed by atoms with Gasteiger partial charge in [-0.3, -0.25) is 9.59 Å². The lowest BCUT2D eigenvalue weighted by atomic mass is 9.51. The molecular formula is C31H42N2O5. The normalized spacial score (nSPS) is 29.4. The molecule has 2 aliphatic carbocycles. The van der Waals surface area contributed by atoms with E-state index in [1.54, 1.807) is 7.11 Å². The summed E-state index contributed by atoms with van der Waals surface area (Å²) in [6.07, 6.45) is 3.00. The number of rotatable bonds is 9. The molecule has 2 amide bonds. The molecule has 2 saturated carbocycles. The molecule has 2 aliphatic rings. The Hall–Kier alpha value is -3.06. The zero-order valence-corrected chi connectivity index (χ0v) is 23.0. The second-order valence-corrected chi connectivity index (χ2v) is 11.4. The highest BCUT2D eigenvalue weighted by Crippen LogP contribution is 2.55. The molecule has 0 unspecified atom stereocenters. The van der Waals surface area contributed by atoms with Crippen LogP contribution >= 0.6 is 0 Å². The summed E-state index contributed by atoms with van der Waals surface area (Å²) in [4.78, 5) is 25.8. The van der Waals surface area contributed by atoms with Gasteiger partial charge in [-0.2, -0.15) is 0 Å². The Balaban J connectivity index is 1.34. The van der Waals surface area contributed by atoms with Gasteiger partial charge in [-0.05, 0) is 78.7 Å². The molecule has 206 valence electrons. The molecule has 2 aromatic rings. The molecular weight excluding hydrogens is 480 g/mol. The summed E-state index contributed by atoms with van der Waals surface area (Å²) >= 11 is 0. The number of hydrogen-bond donors (Lipinski definition) is 3.